The largest absolute Gasteiger partial charge is 0.486 e. The number of anilines is 1. The highest BCUT2D eigenvalue weighted by Crippen LogP contribution is 2.37. The van der Waals surface area contributed by atoms with Gasteiger partial charge in [0.15, 0.2) is 16.6 Å². The number of benzene rings is 2. The van der Waals surface area contributed by atoms with Gasteiger partial charge in [0.05, 0.1) is 10.2 Å². The summed E-state index contributed by atoms with van der Waals surface area (Å²) in [6, 6.07) is 11.6. The van der Waals surface area contributed by atoms with Crippen molar-refractivity contribution in [3.8, 4) is 11.5 Å². The molecular weight excluding hydrogens is 374 g/mol. The Hall–Kier alpha value is -2.64. The predicted octanol–water partition coefficient (Wildman–Crippen LogP) is 3.92. The topological polar surface area (TPSA) is 63.7 Å². The Balaban J connectivity index is 1.33. The number of amides is 1. The lowest BCUT2D eigenvalue weighted by atomic mass is 10.1. The van der Waals surface area contributed by atoms with Crippen LogP contribution in [0.2, 0.25) is 0 Å². The molecule has 3 heterocycles. The highest BCUT2D eigenvalue weighted by atomic mass is 32.1. The van der Waals surface area contributed by atoms with Crippen molar-refractivity contribution < 1.29 is 14.3 Å². The molecule has 0 aliphatic carbocycles. The molecule has 0 radical (unpaired) electrons. The van der Waals surface area contributed by atoms with Crippen LogP contribution >= 0.6 is 11.3 Å². The van der Waals surface area contributed by atoms with Crippen LogP contribution in [0.4, 0.5) is 5.13 Å². The highest BCUT2D eigenvalue weighted by Gasteiger charge is 2.17. The maximum Gasteiger partial charge on any atom is 0.257 e. The molecule has 2 aliphatic rings. The molecule has 2 aromatic carbocycles. The number of thiazole rings is 1. The minimum absolute atomic E-state index is 0.139. The van der Waals surface area contributed by atoms with Crippen molar-refractivity contribution in [1.82, 2.24) is 9.88 Å². The normalized spacial score (nSPS) is 16.4. The number of carbonyl (C=O) groups excluding carboxylic acids is 1. The molecule has 1 saturated heterocycles. The minimum Gasteiger partial charge on any atom is -0.486 e. The third-order valence-corrected chi connectivity index (χ3v) is 6.00. The zero-order chi connectivity index (χ0) is 18.9. The fourth-order valence-corrected chi connectivity index (χ4v) is 4.57. The first-order valence-electron chi connectivity index (χ1n) is 9.57. The number of nitrogens with zero attached hydrogens (tertiary/aromatic N) is 2. The fraction of sp³-hybridized carbons (Fsp3) is 0.333. The summed E-state index contributed by atoms with van der Waals surface area (Å²) in [7, 11) is 0. The molecule has 6 nitrogen and oxygen atoms in total. The molecule has 0 saturated carbocycles. The van der Waals surface area contributed by atoms with E-state index in [0.717, 1.165) is 35.6 Å². The summed E-state index contributed by atoms with van der Waals surface area (Å²) in [5, 5.41) is 3.51. The molecule has 0 bridgehead atoms. The van der Waals surface area contributed by atoms with Gasteiger partial charge in [-0.25, -0.2) is 4.98 Å². The van der Waals surface area contributed by atoms with Gasteiger partial charge in [-0.15, -0.1) is 0 Å². The zero-order valence-electron chi connectivity index (χ0n) is 15.4. The number of rotatable bonds is 4. The Morgan fingerprint density at radius 2 is 1.89 bits per heavy atom. The summed E-state index contributed by atoms with van der Waals surface area (Å²) in [5.74, 6) is 1.30. The lowest BCUT2D eigenvalue weighted by molar-refractivity contribution is 0.102. The van der Waals surface area contributed by atoms with Crippen LogP contribution in [-0.2, 0) is 6.54 Å². The van der Waals surface area contributed by atoms with Crippen molar-refractivity contribution in [2.24, 2.45) is 0 Å². The number of likely N-dealkylation sites (tertiary alicyclic amines) is 1. The quantitative estimate of drug-likeness (QED) is 0.726. The summed E-state index contributed by atoms with van der Waals surface area (Å²) in [6.45, 7) is 4.27. The van der Waals surface area contributed by atoms with E-state index < -0.39 is 0 Å². The van der Waals surface area contributed by atoms with Gasteiger partial charge in [0, 0.05) is 24.2 Å². The van der Waals surface area contributed by atoms with E-state index in [1.54, 1.807) is 0 Å². The van der Waals surface area contributed by atoms with Gasteiger partial charge in [0.2, 0.25) is 0 Å². The van der Waals surface area contributed by atoms with E-state index in [9.17, 15) is 4.79 Å². The number of carbonyl (C=O) groups is 1. The number of nitrogens with one attached hydrogen (secondary N) is 1. The Labute approximate surface area is 167 Å². The lowest BCUT2D eigenvalue weighted by Gasteiger charge is -2.17. The summed E-state index contributed by atoms with van der Waals surface area (Å²) in [5.41, 5.74) is 2.62. The molecule has 28 heavy (non-hydrogen) atoms. The van der Waals surface area contributed by atoms with Crippen molar-refractivity contribution >= 4 is 32.6 Å². The molecular formula is C21H21N3O3S. The second-order valence-corrected chi connectivity index (χ2v) is 8.15. The molecule has 0 unspecified atom stereocenters. The fourth-order valence-electron chi connectivity index (χ4n) is 3.70. The van der Waals surface area contributed by atoms with Gasteiger partial charge >= 0.3 is 0 Å². The van der Waals surface area contributed by atoms with Crippen LogP contribution in [0, 0.1) is 0 Å². The van der Waals surface area contributed by atoms with Crippen molar-refractivity contribution in [3.63, 3.8) is 0 Å². The third-order valence-electron chi connectivity index (χ3n) is 5.07. The first-order valence-corrected chi connectivity index (χ1v) is 10.4. The highest BCUT2D eigenvalue weighted by molar-refractivity contribution is 7.22. The molecule has 5 rings (SSSR count). The Morgan fingerprint density at radius 1 is 1.11 bits per heavy atom. The number of fused-ring (bicyclic) bond motifs is 2. The van der Waals surface area contributed by atoms with Crippen molar-refractivity contribution in [2.75, 3.05) is 31.6 Å². The number of aromatic nitrogens is 1. The molecule has 1 amide bonds. The second kappa shape index (κ2) is 7.41. The third kappa shape index (κ3) is 3.55. The number of ether oxygens (including phenoxy) is 2. The van der Waals surface area contributed by atoms with Gasteiger partial charge in [-0.3, -0.25) is 15.0 Å². The first-order chi connectivity index (χ1) is 13.7. The molecule has 144 valence electrons. The van der Waals surface area contributed by atoms with E-state index in [2.05, 4.69) is 21.3 Å². The molecule has 3 aromatic rings. The van der Waals surface area contributed by atoms with E-state index in [1.807, 2.05) is 30.3 Å². The van der Waals surface area contributed by atoms with Crippen LogP contribution in [0.3, 0.4) is 0 Å². The number of hydrogen-bond donors (Lipinski definition) is 1. The van der Waals surface area contributed by atoms with Crippen molar-refractivity contribution in [1.29, 1.82) is 0 Å². The molecule has 2 aliphatic heterocycles. The van der Waals surface area contributed by atoms with Crippen molar-refractivity contribution in [3.05, 3.63) is 47.5 Å². The smallest absolute Gasteiger partial charge is 0.257 e. The minimum atomic E-state index is -0.139. The maximum absolute atomic E-state index is 12.7. The SMILES string of the molecule is O=C(Nc1nc2cc3c(cc2s1)OCCO3)c1cccc(CN2CCCC2)c1. The summed E-state index contributed by atoms with van der Waals surface area (Å²) >= 11 is 1.44. The van der Waals surface area contributed by atoms with Crippen LogP contribution < -0.4 is 14.8 Å². The maximum atomic E-state index is 12.7. The van der Waals surface area contributed by atoms with Crippen LogP contribution in [0.1, 0.15) is 28.8 Å². The van der Waals surface area contributed by atoms with E-state index in [1.165, 1.54) is 29.7 Å². The van der Waals surface area contributed by atoms with E-state index in [0.29, 0.717) is 29.7 Å². The van der Waals surface area contributed by atoms with E-state index in [4.69, 9.17) is 9.47 Å². The average molecular weight is 395 g/mol. The zero-order valence-corrected chi connectivity index (χ0v) is 16.3. The first kappa shape index (κ1) is 17.5. The van der Waals surface area contributed by atoms with Crippen LogP contribution in [0.25, 0.3) is 10.2 Å². The second-order valence-electron chi connectivity index (χ2n) is 7.12. The van der Waals surface area contributed by atoms with Crippen LogP contribution in [0.5, 0.6) is 11.5 Å². The summed E-state index contributed by atoms with van der Waals surface area (Å²) < 4.78 is 12.2. The predicted molar refractivity (Wildman–Crippen MR) is 110 cm³/mol. The average Bonchev–Trinajstić information content (AvgIpc) is 3.35. The van der Waals surface area contributed by atoms with E-state index in [-0.39, 0.29) is 5.91 Å². The monoisotopic (exact) mass is 395 g/mol. The van der Waals surface area contributed by atoms with Gasteiger partial charge in [-0.2, -0.15) is 0 Å². The van der Waals surface area contributed by atoms with Crippen molar-refractivity contribution in [2.45, 2.75) is 19.4 Å². The summed E-state index contributed by atoms with van der Waals surface area (Å²) in [6.07, 6.45) is 2.52. The standard InChI is InChI=1S/C21H21N3O3S/c25-20(15-5-3-4-14(10-15)13-24-6-1-2-7-24)23-21-22-16-11-17-18(12-19(16)28-21)27-9-8-26-17/h3-5,10-12H,1-2,6-9,13H2,(H,22,23,25). The van der Waals surface area contributed by atoms with Crippen LogP contribution in [0.15, 0.2) is 36.4 Å². The molecule has 0 spiro atoms. The Morgan fingerprint density at radius 3 is 2.71 bits per heavy atom. The molecule has 1 fully saturated rings. The molecule has 1 N–H and O–H groups in total. The van der Waals surface area contributed by atoms with Gasteiger partial charge in [-0.05, 0) is 43.6 Å². The van der Waals surface area contributed by atoms with Crippen LogP contribution in [-0.4, -0.2) is 42.1 Å². The molecule has 7 heteroatoms. The summed E-state index contributed by atoms with van der Waals surface area (Å²) in [4.78, 5) is 19.7. The Kier molecular flexibility index (Phi) is 4.62. The number of hydrogen-bond acceptors (Lipinski definition) is 6. The van der Waals surface area contributed by atoms with E-state index >= 15 is 0 Å². The van der Waals surface area contributed by atoms with Gasteiger partial charge < -0.3 is 9.47 Å². The van der Waals surface area contributed by atoms with Gasteiger partial charge in [-0.1, -0.05) is 23.5 Å². The molecule has 0 atom stereocenters. The lowest BCUT2D eigenvalue weighted by Crippen LogP contribution is -2.19. The van der Waals surface area contributed by atoms with Gasteiger partial charge in [0.1, 0.15) is 13.2 Å². The molecule has 1 aromatic heterocycles. The van der Waals surface area contributed by atoms with Gasteiger partial charge in [0.25, 0.3) is 5.91 Å². The Bertz CT molecular complexity index is 984.